The number of hydrogen-bond donors (Lipinski definition) is 2. The minimum Gasteiger partial charge on any atom is -0.390 e. The number of halogens is 1. The van der Waals surface area contributed by atoms with Crippen LogP contribution in [0.4, 0.5) is 4.39 Å². The summed E-state index contributed by atoms with van der Waals surface area (Å²) in [6.45, 7) is 3.56. The van der Waals surface area contributed by atoms with E-state index in [4.69, 9.17) is 0 Å². The largest absolute Gasteiger partial charge is 0.390 e. The number of hydrogen-bond acceptors (Lipinski definition) is 3. The lowest BCUT2D eigenvalue weighted by atomic mass is 10.1. The normalized spacial score (nSPS) is 13.1. The van der Waals surface area contributed by atoms with E-state index in [1.807, 2.05) is 25.1 Å². The highest BCUT2D eigenvalue weighted by atomic mass is 19.1. The molecule has 0 aliphatic heterocycles. The molecule has 1 atom stereocenters. The van der Waals surface area contributed by atoms with Crippen molar-refractivity contribution in [3.8, 4) is 0 Å². The summed E-state index contributed by atoms with van der Waals surface area (Å²) in [6.07, 6.45) is -0.383. The molecule has 3 nitrogen and oxygen atoms in total. The number of benzene rings is 1. The Bertz CT molecular complexity index is 355. The van der Waals surface area contributed by atoms with E-state index >= 15 is 0 Å². The van der Waals surface area contributed by atoms with Crippen LogP contribution in [0.3, 0.4) is 0 Å². The van der Waals surface area contributed by atoms with Gasteiger partial charge in [-0.15, -0.1) is 0 Å². The van der Waals surface area contributed by atoms with Gasteiger partial charge in [-0.2, -0.15) is 0 Å². The van der Waals surface area contributed by atoms with Crippen molar-refractivity contribution in [1.29, 1.82) is 0 Å². The fourth-order valence-corrected chi connectivity index (χ4v) is 1.69. The molecule has 0 amide bonds. The van der Waals surface area contributed by atoms with Crippen LogP contribution in [0.2, 0.25) is 0 Å². The van der Waals surface area contributed by atoms with Gasteiger partial charge in [0.1, 0.15) is 5.82 Å². The van der Waals surface area contributed by atoms with Crippen LogP contribution in [0.15, 0.2) is 18.2 Å². The lowest BCUT2D eigenvalue weighted by molar-refractivity contribution is 0.134. The van der Waals surface area contributed by atoms with Crippen LogP contribution < -0.4 is 5.32 Å². The van der Waals surface area contributed by atoms with Crippen LogP contribution in [0.5, 0.6) is 0 Å². The first kappa shape index (κ1) is 14.1. The molecule has 0 radical (unpaired) electrons. The van der Waals surface area contributed by atoms with Crippen molar-refractivity contribution in [3.63, 3.8) is 0 Å². The summed E-state index contributed by atoms with van der Waals surface area (Å²) in [7, 11) is 3.85. The number of aliphatic hydroxyl groups excluding tert-OH is 1. The number of aliphatic hydroxyl groups is 1. The Morgan fingerprint density at radius 2 is 2.12 bits per heavy atom. The molecule has 0 heterocycles. The monoisotopic (exact) mass is 240 g/mol. The Balaban J connectivity index is 2.33. The van der Waals surface area contributed by atoms with Gasteiger partial charge in [-0.3, -0.25) is 0 Å². The molecule has 0 aliphatic rings. The fraction of sp³-hybridized carbons (Fsp3) is 0.538. The van der Waals surface area contributed by atoms with Gasteiger partial charge < -0.3 is 15.3 Å². The van der Waals surface area contributed by atoms with Crippen molar-refractivity contribution in [3.05, 3.63) is 35.1 Å². The lowest BCUT2D eigenvalue weighted by Crippen LogP contribution is -2.34. The first-order chi connectivity index (χ1) is 7.99. The molecule has 17 heavy (non-hydrogen) atoms. The molecule has 1 rings (SSSR count). The van der Waals surface area contributed by atoms with Crippen molar-refractivity contribution in [2.24, 2.45) is 0 Å². The van der Waals surface area contributed by atoms with Crippen LogP contribution >= 0.6 is 0 Å². The Labute approximate surface area is 102 Å². The number of rotatable bonds is 6. The highest BCUT2D eigenvalue weighted by molar-refractivity contribution is 5.23. The Hall–Kier alpha value is -0.970. The van der Waals surface area contributed by atoms with Gasteiger partial charge in [-0.25, -0.2) is 4.39 Å². The molecule has 0 aliphatic carbocycles. The molecular weight excluding hydrogens is 219 g/mol. The van der Waals surface area contributed by atoms with Gasteiger partial charge in [0.2, 0.25) is 0 Å². The number of likely N-dealkylation sites (N-methyl/N-ethyl adjacent to an activating group) is 1. The Morgan fingerprint density at radius 1 is 1.41 bits per heavy atom. The maximum absolute atomic E-state index is 13.0. The summed E-state index contributed by atoms with van der Waals surface area (Å²) in [6, 6.07) is 5.05. The van der Waals surface area contributed by atoms with E-state index in [9.17, 15) is 9.50 Å². The molecule has 4 heteroatoms. The van der Waals surface area contributed by atoms with Crippen LogP contribution in [0.25, 0.3) is 0 Å². The van der Waals surface area contributed by atoms with E-state index < -0.39 is 0 Å². The summed E-state index contributed by atoms with van der Waals surface area (Å²) in [5.41, 5.74) is 1.68. The molecule has 1 aromatic carbocycles. The van der Waals surface area contributed by atoms with E-state index in [0.29, 0.717) is 25.2 Å². The Morgan fingerprint density at radius 3 is 2.71 bits per heavy atom. The quantitative estimate of drug-likeness (QED) is 0.783. The third-order valence-electron chi connectivity index (χ3n) is 2.51. The van der Waals surface area contributed by atoms with Crippen molar-refractivity contribution >= 4 is 0 Å². The second-order valence-corrected chi connectivity index (χ2v) is 4.63. The van der Waals surface area contributed by atoms with Crippen molar-refractivity contribution < 1.29 is 9.50 Å². The van der Waals surface area contributed by atoms with E-state index in [1.54, 1.807) is 13.0 Å². The zero-order valence-electron chi connectivity index (χ0n) is 10.7. The highest BCUT2D eigenvalue weighted by Gasteiger charge is 2.05. The molecule has 0 saturated carbocycles. The molecular formula is C13H21FN2O. The van der Waals surface area contributed by atoms with Crippen molar-refractivity contribution in [1.82, 2.24) is 10.2 Å². The van der Waals surface area contributed by atoms with Gasteiger partial charge in [-0.05, 0) is 38.2 Å². The Kier molecular flexibility index (Phi) is 5.55. The van der Waals surface area contributed by atoms with Crippen molar-refractivity contribution in [2.75, 3.05) is 27.2 Å². The van der Waals surface area contributed by atoms with E-state index in [0.717, 1.165) is 5.56 Å². The van der Waals surface area contributed by atoms with Gasteiger partial charge in [0.05, 0.1) is 6.10 Å². The summed E-state index contributed by atoms with van der Waals surface area (Å²) in [5, 5.41) is 12.8. The van der Waals surface area contributed by atoms with Gasteiger partial charge in [0.25, 0.3) is 0 Å². The highest BCUT2D eigenvalue weighted by Crippen LogP contribution is 2.08. The molecule has 1 aromatic rings. The third kappa shape index (κ3) is 5.26. The van der Waals surface area contributed by atoms with Crippen LogP contribution in [-0.2, 0) is 6.54 Å². The predicted octanol–water partition coefficient (Wildman–Crippen LogP) is 1.15. The average molecular weight is 240 g/mol. The fourth-order valence-electron chi connectivity index (χ4n) is 1.69. The van der Waals surface area contributed by atoms with Gasteiger partial charge >= 0.3 is 0 Å². The molecule has 2 N–H and O–H groups in total. The molecule has 96 valence electrons. The summed E-state index contributed by atoms with van der Waals surface area (Å²) in [5.74, 6) is -0.179. The van der Waals surface area contributed by atoms with E-state index in [2.05, 4.69) is 5.32 Å². The standard InChI is InChI=1S/C13H21FN2O/c1-10-6-11(4-5-13(10)14)7-15-8-12(17)9-16(2)3/h4-6,12,15,17H,7-9H2,1-3H3. The average Bonchev–Trinajstić information content (AvgIpc) is 2.22. The van der Waals surface area contributed by atoms with Gasteiger partial charge in [0.15, 0.2) is 0 Å². The zero-order valence-corrected chi connectivity index (χ0v) is 10.7. The first-order valence-electron chi connectivity index (χ1n) is 5.77. The molecule has 0 bridgehead atoms. The van der Waals surface area contributed by atoms with Crippen LogP contribution in [-0.4, -0.2) is 43.3 Å². The minimum atomic E-state index is -0.383. The second-order valence-electron chi connectivity index (χ2n) is 4.63. The van der Waals surface area contributed by atoms with E-state index in [1.165, 1.54) is 6.07 Å². The smallest absolute Gasteiger partial charge is 0.126 e. The first-order valence-corrected chi connectivity index (χ1v) is 5.77. The van der Waals surface area contributed by atoms with Crippen LogP contribution in [0, 0.1) is 12.7 Å². The SMILES string of the molecule is Cc1cc(CNCC(O)CN(C)C)ccc1F. The maximum Gasteiger partial charge on any atom is 0.126 e. The third-order valence-corrected chi connectivity index (χ3v) is 2.51. The maximum atomic E-state index is 13.0. The molecule has 0 spiro atoms. The summed E-state index contributed by atoms with van der Waals surface area (Å²) >= 11 is 0. The van der Waals surface area contributed by atoms with Gasteiger partial charge in [-0.1, -0.05) is 12.1 Å². The van der Waals surface area contributed by atoms with Crippen molar-refractivity contribution in [2.45, 2.75) is 19.6 Å². The molecule has 1 unspecified atom stereocenters. The van der Waals surface area contributed by atoms with Crippen LogP contribution in [0.1, 0.15) is 11.1 Å². The molecule has 0 fully saturated rings. The summed E-state index contributed by atoms with van der Waals surface area (Å²) < 4.78 is 13.0. The molecule has 0 saturated heterocycles. The number of nitrogens with zero attached hydrogens (tertiary/aromatic N) is 1. The predicted molar refractivity (Wildman–Crippen MR) is 67.4 cm³/mol. The molecule has 0 aromatic heterocycles. The topological polar surface area (TPSA) is 35.5 Å². The lowest BCUT2D eigenvalue weighted by Gasteiger charge is -2.16. The zero-order chi connectivity index (χ0) is 12.8. The van der Waals surface area contributed by atoms with Gasteiger partial charge in [0, 0.05) is 19.6 Å². The van der Waals surface area contributed by atoms with E-state index in [-0.39, 0.29) is 11.9 Å². The minimum absolute atomic E-state index is 0.179. The second kappa shape index (κ2) is 6.69. The number of aryl methyl sites for hydroxylation is 1. The summed E-state index contributed by atoms with van der Waals surface area (Å²) in [4.78, 5) is 1.94. The number of nitrogens with one attached hydrogen (secondary N) is 1.